The van der Waals surface area contributed by atoms with E-state index in [-0.39, 0.29) is 29.3 Å². The number of aromatic hydroxyl groups is 1. The highest BCUT2D eigenvalue weighted by atomic mass is 32.2. The van der Waals surface area contributed by atoms with Crippen LogP contribution in [0.25, 0.3) is 0 Å². The lowest BCUT2D eigenvalue weighted by Crippen LogP contribution is -2.59. The summed E-state index contributed by atoms with van der Waals surface area (Å²) in [5.74, 6) is -0.328. The number of anilines is 1. The first-order valence-corrected chi connectivity index (χ1v) is 10.4. The molecular formula is C21H28N4O6S. The monoisotopic (exact) mass is 464 g/mol. The Kier molecular flexibility index (Phi) is 11.8. The molecule has 1 saturated heterocycles. The Morgan fingerprint density at radius 3 is 2.31 bits per heavy atom. The van der Waals surface area contributed by atoms with Gasteiger partial charge in [-0.2, -0.15) is 0 Å². The fourth-order valence-electron chi connectivity index (χ4n) is 2.67. The molecule has 2 heterocycles. The minimum atomic E-state index is -0.555. The predicted molar refractivity (Wildman–Crippen MR) is 124 cm³/mol. The molecule has 0 bridgehead atoms. The highest BCUT2D eigenvalue weighted by Gasteiger charge is 2.44. The number of carbonyl (C=O) groups excluding carboxylic acids is 3. The summed E-state index contributed by atoms with van der Waals surface area (Å²) in [6.07, 6.45) is 2.99. The number of hydrogen-bond acceptors (Lipinski definition) is 9. The molecule has 0 spiro atoms. The van der Waals surface area contributed by atoms with Crippen LogP contribution in [0.2, 0.25) is 0 Å². The quantitative estimate of drug-likeness (QED) is 0.178. The van der Waals surface area contributed by atoms with Crippen LogP contribution in [0.5, 0.6) is 5.75 Å². The van der Waals surface area contributed by atoms with Crippen molar-refractivity contribution in [3.05, 3.63) is 58.0 Å². The van der Waals surface area contributed by atoms with E-state index in [1.165, 1.54) is 4.31 Å². The molecule has 2 atom stereocenters. The number of aldehydes is 2. The second-order valence-corrected chi connectivity index (χ2v) is 7.29. The molecule has 1 aromatic heterocycles. The van der Waals surface area contributed by atoms with Gasteiger partial charge in [0.2, 0.25) is 11.3 Å². The van der Waals surface area contributed by atoms with E-state index in [4.69, 9.17) is 9.66 Å². The highest BCUT2D eigenvalue weighted by molar-refractivity contribution is 7.92. The largest absolute Gasteiger partial charge is 0.503 e. The number of H-pyrrole nitrogens is 1. The lowest BCUT2D eigenvalue weighted by Gasteiger charge is -2.42. The van der Waals surface area contributed by atoms with Gasteiger partial charge in [-0.25, -0.2) is 0 Å². The van der Waals surface area contributed by atoms with Gasteiger partial charge >= 0.3 is 0 Å². The van der Waals surface area contributed by atoms with Gasteiger partial charge in [0, 0.05) is 38.0 Å². The van der Waals surface area contributed by atoms with Gasteiger partial charge in [0.15, 0.2) is 12.0 Å². The Morgan fingerprint density at radius 1 is 1.19 bits per heavy atom. The number of likely N-dealkylation sites (N-methyl/N-ethyl adjacent to an activating group) is 1. The average Bonchev–Trinajstić information content (AvgIpc) is 2.82. The zero-order valence-corrected chi connectivity index (χ0v) is 18.9. The average molecular weight is 465 g/mol. The van der Waals surface area contributed by atoms with E-state index >= 15 is 0 Å². The summed E-state index contributed by atoms with van der Waals surface area (Å²) in [6.45, 7) is 2.61. The van der Waals surface area contributed by atoms with Crippen molar-refractivity contribution in [3.8, 4) is 5.75 Å². The third-order valence-corrected chi connectivity index (χ3v) is 5.22. The molecule has 1 aliphatic rings. The van der Waals surface area contributed by atoms with Gasteiger partial charge < -0.3 is 30.1 Å². The van der Waals surface area contributed by atoms with Gasteiger partial charge in [0.1, 0.15) is 18.5 Å². The fourth-order valence-corrected chi connectivity index (χ4v) is 3.30. The second-order valence-electron chi connectivity index (χ2n) is 6.73. The second kappa shape index (κ2) is 14.0. The lowest BCUT2D eigenvalue weighted by molar-refractivity contribution is -0.144. The molecule has 0 radical (unpaired) electrons. The highest BCUT2D eigenvalue weighted by Crippen LogP contribution is 2.30. The van der Waals surface area contributed by atoms with Gasteiger partial charge in [-0.1, -0.05) is 19.1 Å². The summed E-state index contributed by atoms with van der Waals surface area (Å²) < 4.78 is 10.1. The maximum Gasteiger partial charge on any atom is 0.239 e. The van der Waals surface area contributed by atoms with Gasteiger partial charge in [0.25, 0.3) is 0 Å². The molecular weight excluding hydrogens is 436 g/mol. The van der Waals surface area contributed by atoms with Crippen molar-refractivity contribution in [1.82, 2.24) is 14.6 Å². The zero-order valence-electron chi connectivity index (χ0n) is 18.1. The number of amides is 1. The number of pyridine rings is 1. The van der Waals surface area contributed by atoms with Crippen LogP contribution in [0.4, 0.5) is 5.69 Å². The van der Waals surface area contributed by atoms with Crippen molar-refractivity contribution in [2.24, 2.45) is 5.92 Å². The molecule has 174 valence electrons. The number of rotatable bonds is 7. The Balaban J connectivity index is 0.000000240. The number of carbonyl (C=O) groups is 3. The predicted octanol–water partition coefficient (Wildman–Crippen LogP) is 1.54. The van der Waals surface area contributed by atoms with Crippen LogP contribution in [-0.4, -0.2) is 64.1 Å². The number of nitrogens with one attached hydrogen (secondary N) is 3. The maximum atomic E-state index is 11.0. The normalized spacial score (nSPS) is 16.5. The molecule has 1 aliphatic heterocycles. The Hall–Kier alpha value is -3.15. The number of aromatic amines is 1. The van der Waals surface area contributed by atoms with E-state index in [0.717, 1.165) is 36.3 Å². The number of nitrogens with zero attached hydrogens (tertiary/aromatic N) is 1. The summed E-state index contributed by atoms with van der Waals surface area (Å²) in [6, 6.07) is 8.97. The Labute approximate surface area is 190 Å². The van der Waals surface area contributed by atoms with Crippen LogP contribution in [0.3, 0.4) is 0 Å². The van der Waals surface area contributed by atoms with Crippen LogP contribution in [-0.2, 0) is 16.0 Å². The fraction of sp³-hybridized carbons (Fsp3) is 0.333. The van der Waals surface area contributed by atoms with Crippen molar-refractivity contribution in [3.63, 3.8) is 0 Å². The minimum absolute atomic E-state index is 0.0118. The van der Waals surface area contributed by atoms with Gasteiger partial charge in [0.05, 0.1) is 17.7 Å². The van der Waals surface area contributed by atoms with Gasteiger partial charge in [-0.15, -0.1) is 0 Å². The topological polar surface area (TPSA) is 152 Å². The van der Waals surface area contributed by atoms with Crippen molar-refractivity contribution in [2.45, 2.75) is 19.4 Å². The summed E-state index contributed by atoms with van der Waals surface area (Å²) in [7, 11) is 3.70. The SMILES string of the molecule is CNCC1C(C)C(=O)N1SO.CNc1ccc(CC=O)cc1.O=Cc1cc(=O)c(O)c[nH]1. The summed E-state index contributed by atoms with van der Waals surface area (Å²) in [5, 5.41) is 14.7. The smallest absolute Gasteiger partial charge is 0.239 e. The number of aromatic nitrogens is 1. The first-order chi connectivity index (χ1) is 15.3. The summed E-state index contributed by atoms with van der Waals surface area (Å²) in [4.78, 5) is 44.1. The third kappa shape index (κ3) is 7.84. The number of hydrogen-bond donors (Lipinski definition) is 5. The Morgan fingerprint density at radius 2 is 1.84 bits per heavy atom. The summed E-state index contributed by atoms with van der Waals surface area (Å²) in [5.41, 5.74) is 1.72. The molecule has 1 aromatic carbocycles. The van der Waals surface area contributed by atoms with Crippen molar-refractivity contribution < 1.29 is 24.0 Å². The first kappa shape index (κ1) is 26.9. The van der Waals surface area contributed by atoms with E-state index in [9.17, 15) is 19.2 Å². The molecule has 11 heteroatoms. The molecule has 3 rings (SSSR count). The Bertz CT molecular complexity index is 935. The number of benzene rings is 1. The van der Waals surface area contributed by atoms with Crippen molar-refractivity contribution in [2.75, 3.05) is 26.0 Å². The van der Waals surface area contributed by atoms with E-state index in [1.807, 2.05) is 45.3 Å². The standard InChI is InChI=1S/C9H11NO.C6H12N2O2S.C6H5NO3/c1-10-9-4-2-8(3-5-9)6-7-11;1-4-5(3-7-2)8(11-10)6(4)9;8-3-4-1-5(9)6(10)2-7-4/h2-5,7,10H,6H2,1H3;4-5,7,10H,3H2,1-2H3;1-3,10H,(H,7,9). The molecule has 32 heavy (non-hydrogen) atoms. The molecule has 0 aliphatic carbocycles. The van der Waals surface area contributed by atoms with Gasteiger partial charge in [-0.05, 0) is 24.7 Å². The lowest BCUT2D eigenvalue weighted by atomic mass is 9.92. The molecule has 10 nitrogen and oxygen atoms in total. The molecule has 2 aromatic rings. The van der Waals surface area contributed by atoms with E-state index < -0.39 is 5.43 Å². The van der Waals surface area contributed by atoms with E-state index in [0.29, 0.717) is 24.9 Å². The van der Waals surface area contributed by atoms with Crippen molar-refractivity contribution >= 4 is 36.4 Å². The summed E-state index contributed by atoms with van der Waals surface area (Å²) >= 11 is 0.515. The first-order valence-electron chi connectivity index (χ1n) is 9.69. The zero-order chi connectivity index (χ0) is 24.1. The third-order valence-electron chi connectivity index (χ3n) is 4.59. The van der Waals surface area contributed by atoms with E-state index in [1.54, 1.807) is 0 Å². The van der Waals surface area contributed by atoms with Crippen LogP contribution in [0.1, 0.15) is 23.0 Å². The number of β-lactam (4-membered cyclic amide) rings is 1. The molecule has 5 N–H and O–H groups in total. The van der Waals surface area contributed by atoms with Crippen LogP contribution in [0, 0.1) is 5.92 Å². The minimum Gasteiger partial charge on any atom is -0.503 e. The van der Waals surface area contributed by atoms with Gasteiger partial charge in [-0.3, -0.25) is 18.7 Å². The molecule has 1 amide bonds. The van der Waals surface area contributed by atoms with E-state index in [2.05, 4.69) is 15.6 Å². The van der Waals surface area contributed by atoms with Crippen LogP contribution >= 0.6 is 12.2 Å². The van der Waals surface area contributed by atoms with Crippen LogP contribution in [0.15, 0.2) is 41.3 Å². The molecule has 2 unspecified atom stereocenters. The molecule has 0 saturated carbocycles. The van der Waals surface area contributed by atoms with Crippen molar-refractivity contribution in [1.29, 1.82) is 0 Å². The maximum absolute atomic E-state index is 11.0. The molecule has 1 fully saturated rings. The van der Waals surface area contributed by atoms with Crippen LogP contribution < -0.4 is 16.1 Å².